The summed E-state index contributed by atoms with van der Waals surface area (Å²) < 4.78 is 5.88. The first-order valence-corrected chi connectivity index (χ1v) is 6.81. The summed E-state index contributed by atoms with van der Waals surface area (Å²) in [5, 5.41) is 11.7. The third-order valence-corrected chi connectivity index (χ3v) is 3.85. The van der Waals surface area contributed by atoms with Crippen LogP contribution in [0.1, 0.15) is 34.1 Å². The molecule has 0 bridgehead atoms. The third kappa shape index (κ3) is 2.02. The fraction of sp³-hybridized carbons (Fsp3) is 0.222. The van der Waals surface area contributed by atoms with E-state index in [1.165, 1.54) is 0 Å². The van der Waals surface area contributed by atoms with Crippen LogP contribution in [0.4, 0.5) is 0 Å². The minimum atomic E-state index is -0.719. The molecule has 0 aliphatic heterocycles. The highest BCUT2D eigenvalue weighted by molar-refractivity contribution is 5.81. The van der Waals surface area contributed by atoms with E-state index in [2.05, 4.69) is 0 Å². The smallest absolute Gasteiger partial charge is 0.138 e. The van der Waals surface area contributed by atoms with Crippen molar-refractivity contribution < 1.29 is 9.52 Å². The second-order valence-corrected chi connectivity index (χ2v) is 5.35. The van der Waals surface area contributed by atoms with E-state index in [0.717, 1.165) is 33.2 Å². The normalized spacial score (nSPS) is 12.8. The number of hydrogen-bond donors (Lipinski definition) is 1. The van der Waals surface area contributed by atoms with Crippen molar-refractivity contribution in [2.45, 2.75) is 26.9 Å². The number of furan rings is 1. The molecule has 3 aromatic rings. The van der Waals surface area contributed by atoms with Crippen LogP contribution in [0.25, 0.3) is 11.0 Å². The first-order chi connectivity index (χ1) is 9.58. The Bertz CT molecular complexity index is 748. The Morgan fingerprint density at radius 3 is 2.15 bits per heavy atom. The van der Waals surface area contributed by atoms with Crippen LogP contribution in [-0.2, 0) is 0 Å². The Morgan fingerprint density at radius 1 is 0.900 bits per heavy atom. The molecule has 0 amide bonds. The van der Waals surface area contributed by atoms with Gasteiger partial charge in [-0.15, -0.1) is 0 Å². The fourth-order valence-electron chi connectivity index (χ4n) is 2.76. The number of hydrogen-bond acceptors (Lipinski definition) is 2. The number of rotatable bonds is 2. The zero-order valence-corrected chi connectivity index (χ0v) is 12.0. The van der Waals surface area contributed by atoms with E-state index in [4.69, 9.17) is 4.42 Å². The van der Waals surface area contributed by atoms with Crippen LogP contribution in [0.2, 0.25) is 0 Å². The first kappa shape index (κ1) is 12.9. The molecule has 0 fully saturated rings. The molecule has 0 radical (unpaired) electrons. The lowest BCUT2D eigenvalue weighted by Gasteiger charge is -2.14. The molecule has 20 heavy (non-hydrogen) atoms. The van der Waals surface area contributed by atoms with Gasteiger partial charge in [-0.05, 0) is 49.1 Å². The van der Waals surface area contributed by atoms with Crippen LogP contribution in [0.3, 0.4) is 0 Å². The molecule has 0 aliphatic carbocycles. The standard InChI is InChI=1S/C18H18O2/c1-11-6-4-7-12(2)16(11)17(19)15-10-14-9-5-8-13(3)18(14)20-15/h4-10,17,19H,1-3H3. The van der Waals surface area contributed by atoms with Crippen LogP contribution in [0, 0.1) is 20.8 Å². The highest BCUT2D eigenvalue weighted by atomic mass is 16.4. The molecule has 1 atom stereocenters. The van der Waals surface area contributed by atoms with Gasteiger partial charge in [0.1, 0.15) is 17.4 Å². The minimum Gasteiger partial charge on any atom is -0.458 e. The molecule has 3 rings (SSSR count). The third-order valence-electron chi connectivity index (χ3n) is 3.85. The van der Waals surface area contributed by atoms with Gasteiger partial charge in [-0.1, -0.05) is 36.4 Å². The van der Waals surface area contributed by atoms with Gasteiger partial charge in [0.05, 0.1) is 0 Å². The molecular formula is C18H18O2. The maximum Gasteiger partial charge on any atom is 0.138 e. The van der Waals surface area contributed by atoms with Crippen LogP contribution in [0.5, 0.6) is 0 Å². The van der Waals surface area contributed by atoms with Gasteiger partial charge in [-0.25, -0.2) is 0 Å². The Hall–Kier alpha value is -2.06. The number of para-hydroxylation sites is 1. The number of aliphatic hydroxyl groups is 1. The SMILES string of the molecule is Cc1cccc(C)c1C(O)c1cc2cccc(C)c2o1. The second-order valence-electron chi connectivity index (χ2n) is 5.35. The van der Waals surface area contributed by atoms with Gasteiger partial charge < -0.3 is 9.52 Å². The fourth-order valence-corrected chi connectivity index (χ4v) is 2.76. The van der Waals surface area contributed by atoms with E-state index in [1.807, 2.05) is 63.2 Å². The molecule has 0 saturated heterocycles. The lowest BCUT2D eigenvalue weighted by atomic mass is 9.96. The average Bonchev–Trinajstić information content (AvgIpc) is 2.84. The van der Waals surface area contributed by atoms with Gasteiger partial charge in [-0.3, -0.25) is 0 Å². The molecule has 0 spiro atoms. The highest BCUT2D eigenvalue weighted by Crippen LogP contribution is 2.32. The Labute approximate surface area is 118 Å². The number of fused-ring (bicyclic) bond motifs is 1. The molecule has 2 nitrogen and oxygen atoms in total. The van der Waals surface area contributed by atoms with Crippen molar-refractivity contribution in [1.29, 1.82) is 0 Å². The molecule has 1 heterocycles. The molecule has 2 aromatic carbocycles. The van der Waals surface area contributed by atoms with E-state index in [-0.39, 0.29) is 0 Å². The molecule has 2 heteroatoms. The summed E-state index contributed by atoms with van der Waals surface area (Å²) in [6.45, 7) is 6.04. The summed E-state index contributed by atoms with van der Waals surface area (Å²) in [5.41, 5.74) is 5.03. The lowest BCUT2D eigenvalue weighted by Crippen LogP contribution is -2.03. The topological polar surface area (TPSA) is 33.4 Å². The predicted octanol–water partition coefficient (Wildman–Crippen LogP) is 4.44. The van der Waals surface area contributed by atoms with Gasteiger partial charge in [0, 0.05) is 5.39 Å². The van der Waals surface area contributed by atoms with Crippen molar-refractivity contribution in [3.05, 3.63) is 70.5 Å². The summed E-state index contributed by atoms with van der Waals surface area (Å²) in [7, 11) is 0. The van der Waals surface area contributed by atoms with Crippen LogP contribution >= 0.6 is 0 Å². The van der Waals surface area contributed by atoms with Gasteiger partial charge in [0.2, 0.25) is 0 Å². The van der Waals surface area contributed by atoms with Gasteiger partial charge in [0.15, 0.2) is 0 Å². The Balaban J connectivity index is 2.13. The predicted molar refractivity (Wildman–Crippen MR) is 80.9 cm³/mol. The zero-order valence-electron chi connectivity index (χ0n) is 12.0. The lowest BCUT2D eigenvalue weighted by molar-refractivity contribution is 0.191. The van der Waals surface area contributed by atoms with Crippen LogP contribution in [-0.4, -0.2) is 5.11 Å². The first-order valence-electron chi connectivity index (χ1n) is 6.81. The summed E-state index contributed by atoms with van der Waals surface area (Å²) >= 11 is 0. The highest BCUT2D eigenvalue weighted by Gasteiger charge is 2.19. The zero-order chi connectivity index (χ0) is 14.3. The van der Waals surface area contributed by atoms with Crippen molar-refractivity contribution in [2.75, 3.05) is 0 Å². The largest absolute Gasteiger partial charge is 0.458 e. The van der Waals surface area contributed by atoms with Crippen LogP contribution < -0.4 is 0 Å². The van der Waals surface area contributed by atoms with E-state index in [1.54, 1.807) is 0 Å². The monoisotopic (exact) mass is 266 g/mol. The van der Waals surface area contributed by atoms with E-state index in [9.17, 15) is 5.11 Å². The Morgan fingerprint density at radius 2 is 1.50 bits per heavy atom. The number of aliphatic hydroxyl groups excluding tert-OH is 1. The quantitative estimate of drug-likeness (QED) is 0.744. The van der Waals surface area contributed by atoms with Gasteiger partial charge in [0.25, 0.3) is 0 Å². The maximum absolute atomic E-state index is 10.7. The number of aryl methyl sites for hydroxylation is 3. The number of benzene rings is 2. The van der Waals surface area contributed by atoms with Gasteiger partial charge >= 0.3 is 0 Å². The molecular weight excluding hydrogens is 248 g/mol. The van der Waals surface area contributed by atoms with E-state index >= 15 is 0 Å². The second kappa shape index (κ2) is 4.80. The molecule has 1 unspecified atom stereocenters. The van der Waals surface area contributed by atoms with Crippen molar-refractivity contribution in [2.24, 2.45) is 0 Å². The molecule has 102 valence electrons. The average molecular weight is 266 g/mol. The Kier molecular flexibility index (Phi) is 3.11. The van der Waals surface area contributed by atoms with Crippen molar-refractivity contribution in [3.63, 3.8) is 0 Å². The molecule has 1 N–H and O–H groups in total. The summed E-state index contributed by atoms with van der Waals surface area (Å²) in [6.07, 6.45) is -0.719. The van der Waals surface area contributed by atoms with Crippen molar-refractivity contribution in [3.8, 4) is 0 Å². The van der Waals surface area contributed by atoms with Gasteiger partial charge in [-0.2, -0.15) is 0 Å². The summed E-state index contributed by atoms with van der Waals surface area (Å²) in [4.78, 5) is 0. The molecule has 0 aliphatic rings. The van der Waals surface area contributed by atoms with E-state index in [0.29, 0.717) is 5.76 Å². The summed E-state index contributed by atoms with van der Waals surface area (Å²) in [6, 6.07) is 14.0. The van der Waals surface area contributed by atoms with E-state index < -0.39 is 6.10 Å². The molecule has 1 aromatic heterocycles. The minimum absolute atomic E-state index is 0.603. The van der Waals surface area contributed by atoms with Crippen molar-refractivity contribution >= 4 is 11.0 Å². The summed E-state index contributed by atoms with van der Waals surface area (Å²) in [5.74, 6) is 0.603. The van der Waals surface area contributed by atoms with Crippen molar-refractivity contribution in [1.82, 2.24) is 0 Å². The van der Waals surface area contributed by atoms with Crippen LogP contribution in [0.15, 0.2) is 46.9 Å². The maximum atomic E-state index is 10.7. The molecule has 0 saturated carbocycles.